The molecule has 1 aromatic carbocycles. The van der Waals surface area contributed by atoms with Crippen LogP contribution in [0.4, 0.5) is 0 Å². The number of imide groups is 1. The molecular formula is C15H20N2O3. The molecule has 1 atom stereocenters. The van der Waals surface area contributed by atoms with Gasteiger partial charge < -0.3 is 10.5 Å². The second-order valence-corrected chi connectivity index (χ2v) is 4.99. The van der Waals surface area contributed by atoms with Crippen molar-refractivity contribution in [3.8, 4) is 5.75 Å². The number of benzene rings is 1. The van der Waals surface area contributed by atoms with E-state index in [1.165, 1.54) is 4.90 Å². The molecule has 0 bridgehead atoms. The second-order valence-electron chi connectivity index (χ2n) is 4.99. The van der Waals surface area contributed by atoms with Crippen molar-refractivity contribution in [2.24, 2.45) is 5.73 Å². The predicted molar refractivity (Wildman–Crippen MR) is 75.1 cm³/mol. The van der Waals surface area contributed by atoms with E-state index in [0.29, 0.717) is 18.6 Å². The highest BCUT2D eigenvalue weighted by molar-refractivity contribution is 5.96. The quantitative estimate of drug-likeness (QED) is 0.848. The van der Waals surface area contributed by atoms with Crippen molar-refractivity contribution in [2.45, 2.75) is 31.7 Å². The van der Waals surface area contributed by atoms with Gasteiger partial charge in [0.25, 0.3) is 0 Å². The van der Waals surface area contributed by atoms with Crippen LogP contribution in [0.1, 0.15) is 37.3 Å². The summed E-state index contributed by atoms with van der Waals surface area (Å²) in [6, 6.07) is 6.99. The van der Waals surface area contributed by atoms with Gasteiger partial charge in [0.15, 0.2) is 0 Å². The minimum atomic E-state index is -0.393. The van der Waals surface area contributed by atoms with Crippen LogP contribution in [0, 0.1) is 0 Å². The summed E-state index contributed by atoms with van der Waals surface area (Å²) in [5, 5.41) is 0. The lowest BCUT2D eigenvalue weighted by atomic mass is 10.1. The van der Waals surface area contributed by atoms with E-state index in [4.69, 9.17) is 10.5 Å². The zero-order chi connectivity index (χ0) is 14.5. The summed E-state index contributed by atoms with van der Waals surface area (Å²) in [7, 11) is 1.59. The molecule has 0 saturated carbocycles. The van der Waals surface area contributed by atoms with Crippen molar-refractivity contribution >= 4 is 11.8 Å². The van der Waals surface area contributed by atoms with Crippen molar-refractivity contribution in [2.75, 3.05) is 13.7 Å². The fourth-order valence-electron chi connectivity index (χ4n) is 2.34. The minimum absolute atomic E-state index is 0.120. The fraction of sp³-hybridized carbons (Fsp3) is 0.467. The highest BCUT2D eigenvalue weighted by atomic mass is 16.5. The molecule has 5 heteroatoms. The summed E-state index contributed by atoms with van der Waals surface area (Å²) in [5.41, 5.74) is 6.98. The van der Waals surface area contributed by atoms with Crippen LogP contribution in [-0.4, -0.2) is 30.4 Å². The molecule has 108 valence electrons. The Balaban J connectivity index is 2.10. The van der Waals surface area contributed by atoms with E-state index in [9.17, 15) is 9.59 Å². The third-order valence-electron chi connectivity index (χ3n) is 3.53. The molecule has 1 saturated heterocycles. The summed E-state index contributed by atoms with van der Waals surface area (Å²) < 4.78 is 5.15. The Morgan fingerprint density at radius 3 is 2.50 bits per heavy atom. The predicted octanol–water partition coefficient (Wildman–Crippen LogP) is 1.62. The lowest BCUT2D eigenvalue weighted by Crippen LogP contribution is -2.40. The molecule has 1 aromatic rings. The number of carbonyl (C=O) groups excluding carboxylic acids is 2. The van der Waals surface area contributed by atoms with Gasteiger partial charge in [-0.05, 0) is 30.5 Å². The van der Waals surface area contributed by atoms with Crippen LogP contribution in [0.15, 0.2) is 24.3 Å². The van der Waals surface area contributed by atoms with Crippen LogP contribution in [0.3, 0.4) is 0 Å². The Hall–Kier alpha value is -1.88. The fourth-order valence-corrected chi connectivity index (χ4v) is 2.34. The maximum Gasteiger partial charge on any atom is 0.229 e. The number of hydrogen-bond acceptors (Lipinski definition) is 4. The van der Waals surface area contributed by atoms with E-state index in [0.717, 1.165) is 18.4 Å². The Labute approximate surface area is 118 Å². The number of likely N-dealkylation sites (tertiary alicyclic amines) is 1. The molecular weight excluding hydrogens is 256 g/mol. The first-order valence-corrected chi connectivity index (χ1v) is 6.84. The number of nitrogens with two attached hydrogens (primary N) is 1. The Morgan fingerprint density at radius 1 is 1.25 bits per heavy atom. The van der Waals surface area contributed by atoms with Gasteiger partial charge in [-0.1, -0.05) is 12.1 Å². The van der Waals surface area contributed by atoms with Crippen molar-refractivity contribution < 1.29 is 14.3 Å². The van der Waals surface area contributed by atoms with E-state index in [1.807, 2.05) is 24.3 Å². The highest BCUT2D eigenvalue weighted by Gasteiger charge is 2.26. The summed E-state index contributed by atoms with van der Waals surface area (Å²) >= 11 is 0. The van der Waals surface area contributed by atoms with Gasteiger partial charge in [-0.15, -0.1) is 0 Å². The lowest BCUT2D eigenvalue weighted by molar-refractivity contribution is -0.144. The summed E-state index contributed by atoms with van der Waals surface area (Å²) in [6.45, 7) is 0.227. The van der Waals surface area contributed by atoms with E-state index in [1.54, 1.807) is 7.11 Å². The van der Waals surface area contributed by atoms with Crippen molar-refractivity contribution in [1.82, 2.24) is 4.90 Å². The molecule has 1 aliphatic heterocycles. The summed E-state index contributed by atoms with van der Waals surface area (Å²) in [5.74, 6) is 0.475. The van der Waals surface area contributed by atoms with Gasteiger partial charge in [0.2, 0.25) is 11.8 Å². The van der Waals surface area contributed by atoms with Gasteiger partial charge in [-0.25, -0.2) is 0 Å². The molecule has 2 N–H and O–H groups in total. The van der Waals surface area contributed by atoms with Crippen LogP contribution < -0.4 is 10.5 Å². The van der Waals surface area contributed by atoms with Crippen LogP contribution in [0.5, 0.6) is 5.75 Å². The van der Waals surface area contributed by atoms with Crippen LogP contribution in [-0.2, 0) is 9.59 Å². The zero-order valence-electron chi connectivity index (χ0n) is 11.7. The van der Waals surface area contributed by atoms with Gasteiger partial charge in [0.05, 0.1) is 7.11 Å². The molecule has 2 amide bonds. The molecule has 0 spiro atoms. The Kier molecular flexibility index (Phi) is 4.74. The SMILES string of the molecule is COc1cccc(C(N)CN2C(=O)CCCCC2=O)c1. The molecule has 1 fully saturated rings. The topological polar surface area (TPSA) is 72.6 Å². The number of ether oxygens (including phenoxy) is 1. The zero-order valence-corrected chi connectivity index (χ0v) is 11.7. The molecule has 5 nitrogen and oxygen atoms in total. The maximum atomic E-state index is 11.9. The smallest absolute Gasteiger partial charge is 0.229 e. The van der Waals surface area contributed by atoms with Gasteiger partial charge in [0, 0.05) is 25.4 Å². The van der Waals surface area contributed by atoms with Crippen molar-refractivity contribution in [1.29, 1.82) is 0 Å². The van der Waals surface area contributed by atoms with Crippen LogP contribution >= 0.6 is 0 Å². The average molecular weight is 276 g/mol. The number of nitrogens with zero attached hydrogens (tertiary/aromatic N) is 1. The van der Waals surface area contributed by atoms with E-state index in [2.05, 4.69) is 0 Å². The van der Waals surface area contributed by atoms with E-state index < -0.39 is 6.04 Å². The third kappa shape index (κ3) is 3.36. The first-order chi connectivity index (χ1) is 9.61. The molecule has 0 radical (unpaired) electrons. The largest absolute Gasteiger partial charge is 0.497 e. The third-order valence-corrected chi connectivity index (χ3v) is 3.53. The molecule has 1 unspecified atom stereocenters. The van der Waals surface area contributed by atoms with Crippen molar-refractivity contribution in [3.63, 3.8) is 0 Å². The highest BCUT2D eigenvalue weighted by Crippen LogP contribution is 2.20. The molecule has 0 aliphatic carbocycles. The number of amides is 2. The second kappa shape index (κ2) is 6.52. The summed E-state index contributed by atoms with van der Waals surface area (Å²) in [6.07, 6.45) is 2.40. The molecule has 2 rings (SSSR count). The van der Waals surface area contributed by atoms with Crippen molar-refractivity contribution in [3.05, 3.63) is 29.8 Å². The number of hydrogen-bond donors (Lipinski definition) is 1. The average Bonchev–Trinajstić information content (AvgIpc) is 2.62. The standard InChI is InChI=1S/C15H20N2O3/c1-20-12-6-4-5-11(9-12)13(16)10-17-14(18)7-2-3-8-15(17)19/h4-6,9,13H,2-3,7-8,10,16H2,1H3. The first kappa shape index (κ1) is 14.5. The minimum Gasteiger partial charge on any atom is -0.497 e. The molecule has 0 aromatic heterocycles. The number of carbonyl (C=O) groups is 2. The van der Waals surface area contributed by atoms with Gasteiger partial charge in [-0.2, -0.15) is 0 Å². The molecule has 20 heavy (non-hydrogen) atoms. The van der Waals surface area contributed by atoms with Gasteiger partial charge in [-0.3, -0.25) is 14.5 Å². The van der Waals surface area contributed by atoms with Crippen LogP contribution in [0.2, 0.25) is 0 Å². The van der Waals surface area contributed by atoms with Gasteiger partial charge in [0.1, 0.15) is 5.75 Å². The first-order valence-electron chi connectivity index (χ1n) is 6.84. The monoisotopic (exact) mass is 276 g/mol. The molecule has 1 aliphatic rings. The normalized spacial score (nSPS) is 17.8. The Bertz CT molecular complexity index is 484. The maximum absolute atomic E-state index is 11.9. The number of rotatable bonds is 4. The summed E-state index contributed by atoms with van der Waals surface area (Å²) in [4.78, 5) is 25.2. The van der Waals surface area contributed by atoms with E-state index >= 15 is 0 Å². The Morgan fingerprint density at radius 2 is 1.90 bits per heavy atom. The van der Waals surface area contributed by atoms with E-state index in [-0.39, 0.29) is 18.4 Å². The number of methoxy groups -OCH3 is 1. The lowest BCUT2D eigenvalue weighted by Gasteiger charge is -2.23. The van der Waals surface area contributed by atoms with Gasteiger partial charge >= 0.3 is 0 Å². The molecule has 1 heterocycles. The van der Waals surface area contributed by atoms with Crippen LogP contribution in [0.25, 0.3) is 0 Å².